The fraction of sp³-hybridized carbons (Fsp3) is 0.188. The van der Waals surface area contributed by atoms with Crippen LogP contribution in [0.25, 0.3) is 0 Å². The summed E-state index contributed by atoms with van der Waals surface area (Å²) in [5, 5.41) is 0. The number of nitrogens with zero attached hydrogens (tertiary/aromatic N) is 1. The van der Waals surface area contributed by atoms with Crippen molar-refractivity contribution in [2.45, 2.75) is 10.6 Å². The number of ether oxygens (including phenoxy) is 1. The van der Waals surface area contributed by atoms with E-state index < -0.39 is 0 Å². The van der Waals surface area contributed by atoms with Gasteiger partial charge in [-0.2, -0.15) is 0 Å². The molecule has 0 fully saturated rings. The van der Waals surface area contributed by atoms with Crippen LogP contribution in [-0.2, 0) is 5.75 Å². The van der Waals surface area contributed by atoms with E-state index in [9.17, 15) is 0 Å². The van der Waals surface area contributed by atoms with Crippen molar-refractivity contribution in [3.05, 3.63) is 53.9 Å². The average Bonchev–Trinajstić information content (AvgIpc) is 2.52. The molecule has 1 heterocycles. The monoisotopic (exact) mass is 284 g/mol. The Bertz CT molecular complexity index is 617. The first-order chi connectivity index (χ1) is 9.83. The number of thioether (sulfide) groups is 1. The van der Waals surface area contributed by atoms with Gasteiger partial charge in [0.1, 0.15) is 5.75 Å². The van der Waals surface area contributed by atoms with Crippen molar-refractivity contribution in [2.24, 2.45) is 5.73 Å². The van der Waals surface area contributed by atoms with Crippen LogP contribution >= 0.6 is 11.8 Å². The van der Waals surface area contributed by atoms with Crippen LogP contribution in [-0.4, -0.2) is 18.6 Å². The second kappa shape index (κ2) is 7.59. The summed E-state index contributed by atoms with van der Waals surface area (Å²) in [6, 6.07) is 10.1. The van der Waals surface area contributed by atoms with Crippen LogP contribution in [0.5, 0.6) is 5.75 Å². The van der Waals surface area contributed by atoms with Crippen LogP contribution in [0, 0.1) is 11.8 Å². The molecule has 102 valence electrons. The molecule has 20 heavy (non-hydrogen) atoms. The van der Waals surface area contributed by atoms with Gasteiger partial charge in [-0.3, -0.25) is 4.98 Å². The van der Waals surface area contributed by atoms with Gasteiger partial charge in [0.2, 0.25) is 0 Å². The summed E-state index contributed by atoms with van der Waals surface area (Å²) in [7, 11) is 1.65. The Kier molecular flexibility index (Phi) is 5.48. The van der Waals surface area contributed by atoms with E-state index in [1.807, 2.05) is 18.2 Å². The molecule has 0 spiro atoms. The molecule has 0 aliphatic rings. The number of hydrogen-bond donors (Lipinski definition) is 1. The normalized spacial score (nSPS) is 9.70. The largest absolute Gasteiger partial charge is 0.495 e. The molecule has 2 N–H and O–H groups in total. The van der Waals surface area contributed by atoms with Gasteiger partial charge in [-0.1, -0.05) is 17.9 Å². The molecule has 2 rings (SSSR count). The van der Waals surface area contributed by atoms with Gasteiger partial charge in [0, 0.05) is 23.0 Å². The van der Waals surface area contributed by atoms with Crippen LogP contribution in [0.2, 0.25) is 0 Å². The van der Waals surface area contributed by atoms with E-state index in [2.05, 4.69) is 29.0 Å². The number of rotatable bonds is 4. The number of aromatic nitrogens is 1. The van der Waals surface area contributed by atoms with Crippen molar-refractivity contribution in [2.75, 3.05) is 13.7 Å². The number of methoxy groups -OCH3 is 1. The zero-order valence-electron chi connectivity index (χ0n) is 11.3. The van der Waals surface area contributed by atoms with E-state index in [4.69, 9.17) is 10.5 Å². The lowest BCUT2D eigenvalue weighted by Gasteiger charge is -2.07. The molecule has 2 aromatic rings. The van der Waals surface area contributed by atoms with Crippen molar-refractivity contribution < 1.29 is 4.74 Å². The highest BCUT2D eigenvalue weighted by molar-refractivity contribution is 7.98. The van der Waals surface area contributed by atoms with Crippen LogP contribution in [0.1, 0.15) is 11.1 Å². The van der Waals surface area contributed by atoms with Gasteiger partial charge in [-0.05, 0) is 29.8 Å². The lowest BCUT2D eigenvalue weighted by molar-refractivity contribution is 0.413. The summed E-state index contributed by atoms with van der Waals surface area (Å²) in [5.74, 6) is 7.57. The highest BCUT2D eigenvalue weighted by Gasteiger charge is 2.03. The van der Waals surface area contributed by atoms with E-state index in [1.165, 1.54) is 10.5 Å². The molecule has 0 saturated carbocycles. The second-order valence-corrected chi connectivity index (χ2v) is 5.06. The minimum atomic E-state index is 0.346. The number of benzene rings is 1. The maximum absolute atomic E-state index is 5.42. The smallest absolute Gasteiger partial charge is 0.134 e. The molecule has 0 saturated heterocycles. The molecule has 4 heteroatoms. The SMILES string of the molecule is COc1ccc(CSc2ccncc2)cc1C#CCN. The first-order valence-electron chi connectivity index (χ1n) is 6.22. The number of pyridine rings is 1. The number of nitrogens with two attached hydrogens (primary N) is 1. The lowest BCUT2D eigenvalue weighted by atomic mass is 10.1. The van der Waals surface area contributed by atoms with Gasteiger partial charge in [-0.25, -0.2) is 0 Å². The third-order valence-electron chi connectivity index (χ3n) is 2.64. The molecule has 1 aromatic heterocycles. The van der Waals surface area contributed by atoms with E-state index in [-0.39, 0.29) is 0 Å². The molecule has 3 nitrogen and oxygen atoms in total. The molecular formula is C16H16N2OS. The highest BCUT2D eigenvalue weighted by atomic mass is 32.2. The zero-order chi connectivity index (χ0) is 14.2. The fourth-order valence-electron chi connectivity index (χ4n) is 1.69. The molecule has 0 radical (unpaired) electrons. The Labute approximate surface area is 123 Å². The van der Waals surface area contributed by atoms with Gasteiger partial charge >= 0.3 is 0 Å². The molecule has 0 atom stereocenters. The lowest BCUT2D eigenvalue weighted by Crippen LogP contribution is -1.94. The van der Waals surface area contributed by atoms with Gasteiger partial charge in [-0.15, -0.1) is 11.8 Å². The Morgan fingerprint density at radius 1 is 1.25 bits per heavy atom. The van der Waals surface area contributed by atoms with Crippen LogP contribution in [0.3, 0.4) is 0 Å². The predicted molar refractivity (Wildman–Crippen MR) is 82.7 cm³/mol. The van der Waals surface area contributed by atoms with Crippen LogP contribution in [0.4, 0.5) is 0 Å². The maximum Gasteiger partial charge on any atom is 0.134 e. The van der Waals surface area contributed by atoms with Gasteiger partial charge in [0.05, 0.1) is 19.2 Å². The van der Waals surface area contributed by atoms with Gasteiger partial charge in [0.25, 0.3) is 0 Å². The third kappa shape index (κ3) is 4.02. The Morgan fingerprint density at radius 3 is 2.75 bits per heavy atom. The Morgan fingerprint density at radius 2 is 2.05 bits per heavy atom. The number of hydrogen-bond acceptors (Lipinski definition) is 4. The van der Waals surface area contributed by atoms with E-state index in [0.29, 0.717) is 6.54 Å². The minimum absolute atomic E-state index is 0.346. The Hall–Kier alpha value is -1.96. The first kappa shape index (κ1) is 14.4. The van der Waals surface area contributed by atoms with E-state index >= 15 is 0 Å². The quantitative estimate of drug-likeness (QED) is 0.693. The van der Waals surface area contributed by atoms with Crippen LogP contribution in [0.15, 0.2) is 47.6 Å². The zero-order valence-corrected chi connectivity index (χ0v) is 12.1. The van der Waals surface area contributed by atoms with Crippen molar-refractivity contribution in [1.82, 2.24) is 4.98 Å². The predicted octanol–water partition coefficient (Wildman–Crippen LogP) is 2.69. The topological polar surface area (TPSA) is 48.1 Å². The summed E-state index contributed by atoms with van der Waals surface area (Å²) in [6.45, 7) is 0.346. The van der Waals surface area contributed by atoms with Gasteiger partial charge in [0.15, 0.2) is 0 Å². The summed E-state index contributed by atoms with van der Waals surface area (Å²) in [5.41, 5.74) is 7.50. The average molecular weight is 284 g/mol. The van der Waals surface area contributed by atoms with Crippen molar-refractivity contribution in [1.29, 1.82) is 0 Å². The molecular weight excluding hydrogens is 268 g/mol. The molecule has 0 aliphatic heterocycles. The summed E-state index contributed by atoms with van der Waals surface area (Å²) < 4.78 is 5.30. The molecule has 0 unspecified atom stereocenters. The Balaban J connectivity index is 2.12. The first-order valence-corrected chi connectivity index (χ1v) is 7.20. The van der Waals surface area contributed by atoms with Gasteiger partial charge < -0.3 is 10.5 Å². The standard InChI is InChI=1S/C16H16N2OS/c1-19-16-5-4-13(11-14(16)3-2-8-17)12-20-15-6-9-18-10-7-15/h4-7,9-11H,8,12,17H2,1H3. The van der Waals surface area contributed by atoms with Crippen LogP contribution < -0.4 is 10.5 Å². The van der Waals surface area contributed by atoms with E-state index in [0.717, 1.165) is 17.1 Å². The summed E-state index contributed by atoms with van der Waals surface area (Å²) in [6.07, 6.45) is 3.60. The summed E-state index contributed by atoms with van der Waals surface area (Å²) in [4.78, 5) is 5.21. The molecule has 1 aromatic carbocycles. The van der Waals surface area contributed by atoms with Crippen molar-refractivity contribution >= 4 is 11.8 Å². The van der Waals surface area contributed by atoms with E-state index in [1.54, 1.807) is 31.3 Å². The highest BCUT2D eigenvalue weighted by Crippen LogP contribution is 2.25. The van der Waals surface area contributed by atoms with Crippen molar-refractivity contribution in [3.8, 4) is 17.6 Å². The third-order valence-corrected chi connectivity index (χ3v) is 3.73. The second-order valence-electron chi connectivity index (χ2n) is 4.01. The molecule has 0 aliphatic carbocycles. The minimum Gasteiger partial charge on any atom is -0.495 e. The maximum atomic E-state index is 5.42. The summed E-state index contributed by atoms with van der Waals surface area (Å²) >= 11 is 1.77. The fourth-order valence-corrected chi connectivity index (χ4v) is 2.52. The van der Waals surface area contributed by atoms with Crippen molar-refractivity contribution in [3.63, 3.8) is 0 Å². The molecule has 0 amide bonds. The molecule has 0 bridgehead atoms.